The molecule has 0 aliphatic carbocycles. The molecular formula is C11H16N4O2S. The molecule has 0 amide bonds. The summed E-state index contributed by atoms with van der Waals surface area (Å²) in [6.45, 7) is 2.93. The summed E-state index contributed by atoms with van der Waals surface area (Å²) >= 11 is 5.04. The van der Waals surface area contributed by atoms with Gasteiger partial charge in [-0.25, -0.2) is 0 Å². The number of thiocarbonyl (C=S) groups is 1. The lowest BCUT2D eigenvalue weighted by molar-refractivity contribution is -0.384. The van der Waals surface area contributed by atoms with Gasteiger partial charge in [-0.15, -0.1) is 0 Å². The van der Waals surface area contributed by atoms with Crippen molar-refractivity contribution in [3.8, 4) is 0 Å². The van der Waals surface area contributed by atoms with Crippen LogP contribution in [0.25, 0.3) is 0 Å². The third-order valence-electron chi connectivity index (χ3n) is 2.21. The van der Waals surface area contributed by atoms with Gasteiger partial charge in [-0.2, -0.15) is 0 Å². The molecular weight excluding hydrogens is 252 g/mol. The van der Waals surface area contributed by atoms with Gasteiger partial charge < -0.3 is 5.32 Å². The normalized spacial score (nSPS) is 9.61. The number of non-ortho nitro benzene ring substituents is 1. The molecule has 0 spiro atoms. The first kappa shape index (κ1) is 14.2. The molecule has 18 heavy (non-hydrogen) atoms. The topological polar surface area (TPSA) is 79.2 Å². The number of hydrogen-bond acceptors (Lipinski definition) is 4. The van der Waals surface area contributed by atoms with E-state index in [0.29, 0.717) is 10.8 Å². The van der Waals surface area contributed by atoms with Gasteiger partial charge in [-0.05, 0) is 30.8 Å². The van der Waals surface area contributed by atoms with Crippen LogP contribution in [0.3, 0.4) is 0 Å². The van der Waals surface area contributed by atoms with Gasteiger partial charge in [0.15, 0.2) is 5.11 Å². The first-order valence-electron chi connectivity index (χ1n) is 5.67. The van der Waals surface area contributed by atoms with Gasteiger partial charge in [-0.3, -0.25) is 21.0 Å². The standard InChI is InChI=1S/C11H16N4O2S/c1-2-3-8-12-11(18)14-13-9-4-6-10(7-5-9)15(16)17/h4-7,13H,2-3,8H2,1H3,(H2,12,14,18). The van der Waals surface area contributed by atoms with Crippen LogP contribution in [0.4, 0.5) is 11.4 Å². The minimum Gasteiger partial charge on any atom is -0.361 e. The summed E-state index contributed by atoms with van der Waals surface area (Å²) in [5, 5.41) is 14.0. The Morgan fingerprint density at radius 2 is 2.06 bits per heavy atom. The number of nitro groups is 1. The molecule has 0 aromatic heterocycles. The van der Waals surface area contributed by atoms with Crippen LogP contribution in [0.5, 0.6) is 0 Å². The molecule has 3 N–H and O–H groups in total. The van der Waals surface area contributed by atoms with Crippen LogP contribution >= 0.6 is 12.2 Å². The highest BCUT2D eigenvalue weighted by Gasteiger charge is 2.03. The van der Waals surface area contributed by atoms with E-state index in [2.05, 4.69) is 23.1 Å². The lowest BCUT2D eigenvalue weighted by Gasteiger charge is -2.11. The molecule has 1 aromatic rings. The minimum atomic E-state index is -0.436. The Morgan fingerprint density at radius 3 is 2.61 bits per heavy atom. The average molecular weight is 268 g/mol. The van der Waals surface area contributed by atoms with Gasteiger partial charge >= 0.3 is 0 Å². The van der Waals surface area contributed by atoms with Crippen molar-refractivity contribution in [3.63, 3.8) is 0 Å². The van der Waals surface area contributed by atoms with Crippen molar-refractivity contribution < 1.29 is 4.92 Å². The molecule has 0 aliphatic heterocycles. The fourth-order valence-electron chi connectivity index (χ4n) is 1.22. The van der Waals surface area contributed by atoms with Crippen molar-refractivity contribution in [2.45, 2.75) is 19.8 Å². The number of anilines is 1. The monoisotopic (exact) mass is 268 g/mol. The molecule has 0 aliphatic rings. The molecule has 0 unspecified atom stereocenters. The second kappa shape index (κ2) is 7.44. The van der Waals surface area contributed by atoms with Gasteiger partial charge in [0.2, 0.25) is 0 Å². The Hall–Kier alpha value is -1.89. The highest BCUT2D eigenvalue weighted by Crippen LogP contribution is 2.14. The van der Waals surface area contributed by atoms with E-state index in [9.17, 15) is 10.1 Å². The average Bonchev–Trinajstić information content (AvgIpc) is 2.37. The molecule has 0 heterocycles. The molecule has 0 bridgehead atoms. The largest absolute Gasteiger partial charge is 0.361 e. The first-order chi connectivity index (χ1) is 8.63. The van der Waals surface area contributed by atoms with Gasteiger partial charge in [0.25, 0.3) is 5.69 Å². The molecule has 7 heteroatoms. The zero-order valence-corrected chi connectivity index (χ0v) is 10.9. The van der Waals surface area contributed by atoms with Gasteiger partial charge in [-0.1, -0.05) is 13.3 Å². The third-order valence-corrected chi connectivity index (χ3v) is 2.46. The van der Waals surface area contributed by atoms with Crippen LogP contribution in [-0.4, -0.2) is 16.6 Å². The number of nitrogens with zero attached hydrogens (tertiary/aromatic N) is 1. The lowest BCUT2D eigenvalue weighted by Crippen LogP contribution is -2.39. The summed E-state index contributed by atoms with van der Waals surface area (Å²) in [5.41, 5.74) is 6.44. The van der Waals surface area contributed by atoms with Crippen LogP contribution in [0.15, 0.2) is 24.3 Å². The predicted molar refractivity (Wildman–Crippen MR) is 75.4 cm³/mol. The second-order valence-electron chi connectivity index (χ2n) is 3.66. The summed E-state index contributed by atoms with van der Waals surface area (Å²) in [6, 6.07) is 6.08. The van der Waals surface area contributed by atoms with E-state index in [1.165, 1.54) is 12.1 Å². The van der Waals surface area contributed by atoms with E-state index in [1.807, 2.05) is 0 Å². The Balaban J connectivity index is 2.34. The van der Waals surface area contributed by atoms with Crippen molar-refractivity contribution in [3.05, 3.63) is 34.4 Å². The smallest absolute Gasteiger partial charge is 0.269 e. The maximum atomic E-state index is 10.5. The zero-order chi connectivity index (χ0) is 13.4. The van der Waals surface area contributed by atoms with E-state index >= 15 is 0 Å². The van der Waals surface area contributed by atoms with Crippen molar-refractivity contribution in [2.24, 2.45) is 0 Å². The van der Waals surface area contributed by atoms with Crippen molar-refractivity contribution in [1.29, 1.82) is 0 Å². The molecule has 0 radical (unpaired) electrons. The van der Waals surface area contributed by atoms with Gasteiger partial charge in [0.05, 0.1) is 10.6 Å². The quantitative estimate of drug-likeness (QED) is 0.318. The number of benzene rings is 1. The second-order valence-corrected chi connectivity index (χ2v) is 4.07. The van der Waals surface area contributed by atoms with Crippen LogP contribution in [-0.2, 0) is 0 Å². The Kier molecular flexibility index (Phi) is 5.86. The van der Waals surface area contributed by atoms with E-state index in [4.69, 9.17) is 12.2 Å². The number of unbranched alkanes of at least 4 members (excludes halogenated alkanes) is 1. The highest BCUT2D eigenvalue weighted by atomic mass is 32.1. The molecule has 0 saturated heterocycles. The Labute approximate surface area is 111 Å². The lowest BCUT2D eigenvalue weighted by atomic mass is 10.3. The molecule has 6 nitrogen and oxygen atoms in total. The molecule has 1 aromatic carbocycles. The van der Waals surface area contributed by atoms with Gasteiger partial charge in [0.1, 0.15) is 0 Å². The van der Waals surface area contributed by atoms with Crippen LogP contribution in [0, 0.1) is 10.1 Å². The number of rotatable bonds is 6. The summed E-state index contributed by atoms with van der Waals surface area (Å²) in [6.07, 6.45) is 2.16. The van der Waals surface area contributed by atoms with Crippen LogP contribution in [0.1, 0.15) is 19.8 Å². The van der Waals surface area contributed by atoms with Crippen molar-refractivity contribution in [1.82, 2.24) is 10.7 Å². The summed E-state index contributed by atoms with van der Waals surface area (Å²) < 4.78 is 0. The van der Waals surface area contributed by atoms with E-state index in [1.54, 1.807) is 12.1 Å². The molecule has 98 valence electrons. The molecule has 0 atom stereocenters. The summed E-state index contributed by atoms with van der Waals surface area (Å²) in [5.74, 6) is 0. The predicted octanol–water partition coefficient (Wildman–Crippen LogP) is 2.19. The SMILES string of the molecule is CCCCNC(=S)NNc1ccc([N+](=O)[O-])cc1. The van der Waals surface area contributed by atoms with E-state index in [-0.39, 0.29) is 5.69 Å². The van der Waals surface area contributed by atoms with Crippen LogP contribution in [0.2, 0.25) is 0 Å². The fraction of sp³-hybridized carbons (Fsp3) is 0.364. The summed E-state index contributed by atoms with van der Waals surface area (Å²) in [7, 11) is 0. The fourth-order valence-corrected chi connectivity index (χ4v) is 1.37. The zero-order valence-electron chi connectivity index (χ0n) is 10.1. The van der Waals surface area contributed by atoms with E-state index < -0.39 is 4.92 Å². The van der Waals surface area contributed by atoms with Gasteiger partial charge in [0, 0.05) is 18.7 Å². The van der Waals surface area contributed by atoms with Crippen molar-refractivity contribution >= 4 is 28.7 Å². The molecule has 0 fully saturated rings. The summed E-state index contributed by atoms with van der Waals surface area (Å²) in [4.78, 5) is 10.0. The Morgan fingerprint density at radius 1 is 1.39 bits per heavy atom. The first-order valence-corrected chi connectivity index (χ1v) is 6.08. The number of hydrogen-bond donors (Lipinski definition) is 3. The van der Waals surface area contributed by atoms with Crippen molar-refractivity contribution in [2.75, 3.05) is 12.0 Å². The highest BCUT2D eigenvalue weighted by molar-refractivity contribution is 7.80. The maximum Gasteiger partial charge on any atom is 0.269 e. The molecule has 0 saturated carbocycles. The Bertz CT molecular complexity index is 408. The minimum absolute atomic E-state index is 0.0594. The number of nitrogens with one attached hydrogen (secondary N) is 3. The van der Waals surface area contributed by atoms with Crippen LogP contribution < -0.4 is 16.2 Å². The number of nitro benzene ring substituents is 1. The third kappa shape index (κ3) is 4.96. The number of hydrazine groups is 1. The van der Waals surface area contributed by atoms with E-state index in [0.717, 1.165) is 19.4 Å². The maximum absolute atomic E-state index is 10.5. The molecule has 1 rings (SSSR count).